The van der Waals surface area contributed by atoms with Crippen molar-refractivity contribution in [1.82, 2.24) is 20.2 Å². The molecule has 1 aromatic heterocycles. The predicted molar refractivity (Wildman–Crippen MR) is 71.6 cm³/mol. The average Bonchev–Trinajstić information content (AvgIpc) is 2.77. The molecule has 0 aromatic carbocycles. The fourth-order valence-corrected chi connectivity index (χ4v) is 3.22. The Bertz CT molecular complexity index is 552. The first-order valence-corrected chi connectivity index (χ1v) is 7.29. The van der Waals surface area contributed by atoms with E-state index in [1.807, 2.05) is 0 Å². The molecule has 1 amide bonds. The van der Waals surface area contributed by atoms with Crippen molar-refractivity contribution in [2.75, 3.05) is 19.6 Å². The van der Waals surface area contributed by atoms with Crippen molar-refractivity contribution in [3.05, 3.63) is 23.8 Å². The number of nitrogens with one attached hydrogen (secondary N) is 1. The van der Waals surface area contributed by atoms with Crippen LogP contribution in [0.3, 0.4) is 0 Å². The van der Waals surface area contributed by atoms with E-state index in [0.29, 0.717) is 12.1 Å². The van der Waals surface area contributed by atoms with Crippen LogP contribution in [0.1, 0.15) is 30.7 Å². The van der Waals surface area contributed by atoms with E-state index in [1.54, 1.807) is 4.90 Å². The number of rotatable bonds is 2. The molecule has 2 saturated heterocycles. The van der Waals surface area contributed by atoms with Gasteiger partial charge in [0.2, 0.25) is 11.7 Å². The molecule has 0 aliphatic carbocycles. The maximum Gasteiger partial charge on any atom is 0.451 e. The van der Waals surface area contributed by atoms with Gasteiger partial charge in [0, 0.05) is 31.0 Å². The van der Waals surface area contributed by atoms with E-state index < -0.39 is 12.0 Å². The summed E-state index contributed by atoms with van der Waals surface area (Å²) in [6, 6.07) is 0. The molecule has 0 unspecified atom stereocenters. The Balaban J connectivity index is 1.68. The number of nitrogens with zero attached hydrogens (tertiary/aromatic N) is 3. The smallest absolute Gasteiger partial charge is 0.338 e. The van der Waals surface area contributed by atoms with Gasteiger partial charge in [-0.25, -0.2) is 9.97 Å². The van der Waals surface area contributed by atoms with Gasteiger partial charge in [-0.1, -0.05) is 0 Å². The minimum atomic E-state index is -4.54. The first-order chi connectivity index (χ1) is 10.4. The van der Waals surface area contributed by atoms with Crippen LogP contribution in [-0.2, 0) is 17.5 Å². The second kappa shape index (κ2) is 5.49. The molecule has 0 saturated carbocycles. The maximum absolute atomic E-state index is 12.6. The number of likely N-dealkylation sites (tertiary alicyclic amines) is 1. The topological polar surface area (TPSA) is 58.1 Å². The molecule has 2 aliphatic rings. The molecule has 2 fully saturated rings. The van der Waals surface area contributed by atoms with Crippen molar-refractivity contribution in [3.63, 3.8) is 0 Å². The molecule has 3 heterocycles. The quantitative estimate of drug-likeness (QED) is 0.901. The highest BCUT2D eigenvalue weighted by Crippen LogP contribution is 2.40. The molecular weight excluding hydrogens is 297 g/mol. The van der Waals surface area contributed by atoms with Gasteiger partial charge in [0.25, 0.3) is 0 Å². The van der Waals surface area contributed by atoms with Crippen molar-refractivity contribution in [2.24, 2.45) is 5.41 Å². The average molecular weight is 314 g/mol. The fourth-order valence-electron chi connectivity index (χ4n) is 3.22. The Morgan fingerprint density at radius 3 is 2.41 bits per heavy atom. The van der Waals surface area contributed by atoms with E-state index in [2.05, 4.69) is 15.3 Å². The maximum atomic E-state index is 12.6. The lowest BCUT2D eigenvalue weighted by molar-refractivity contribution is -0.145. The number of hydrogen-bond acceptors (Lipinski definition) is 4. The van der Waals surface area contributed by atoms with Crippen molar-refractivity contribution < 1.29 is 18.0 Å². The number of carbonyl (C=O) groups excluding carboxylic acids is 1. The molecule has 8 heteroatoms. The van der Waals surface area contributed by atoms with Crippen LogP contribution in [0, 0.1) is 5.41 Å². The lowest BCUT2D eigenvalue weighted by atomic mass is 9.78. The summed E-state index contributed by atoms with van der Waals surface area (Å²) < 4.78 is 37.3. The Kier molecular flexibility index (Phi) is 3.80. The molecule has 1 aromatic rings. The second-order valence-electron chi connectivity index (χ2n) is 5.92. The largest absolute Gasteiger partial charge is 0.451 e. The van der Waals surface area contributed by atoms with E-state index in [9.17, 15) is 18.0 Å². The third-order valence-electron chi connectivity index (χ3n) is 4.49. The number of amides is 1. The molecular formula is C14H17F3N4O. The van der Waals surface area contributed by atoms with Crippen LogP contribution in [0.5, 0.6) is 0 Å². The van der Waals surface area contributed by atoms with Crippen LogP contribution in [-0.4, -0.2) is 40.4 Å². The summed E-state index contributed by atoms with van der Waals surface area (Å²) in [6.07, 6.45) is 0.223. The van der Waals surface area contributed by atoms with Crippen LogP contribution in [0.15, 0.2) is 12.4 Å². The summed E-state index contributed by atoms with van der Waals surface area (Å²) in [5.41, 5.74) is 0.241. The summed E-state index contributed by atoms with van der Waals surface area (Å²) in [5, 5.41) is 3.24. The molecule has 2 aliphatic heterocycles. The van der Waals surface area contributed by atoms with Gasteiger partial charge in [0.1, 0.15) is 0 Å². The minimum Gasteiger partial charge on any atom is -0.338 e. The van der Waals surface area contributed by atoms with Gasteiger partial charge in [-0.15, -0.1) is 0 Å². The molecule has 0 atom stereocenters. The standard InChI is InChI=1S/C14H17F3N4O/c15-14(16,17)11-19-7-10(8-20-11)9-21-6-3-13(12(21)22)1-4-18-5-2-13/h7-8,18H,1-6,9H2. The van der Waals surface area contributed by atoms with Gasteiger partial charge in [-0.2, -0.15) is 13.2 Å². The lowest BCUT2D eigenvalue weighted by Crippen LogP contribution is -2.42. The van der Waals surface area contributed by atoms with E-state index in [4.69, 9.17) is 0 Å². The Morgan fingerprint density at radius 1 is 1.18 bits per heavy atom. The van der Waals surface area contributed by atoms with E-state index in [-0.39, 0.29) is 17.9 Å². The SMILES string of the molecule is O=C1N(Cc2cnc(C(F)(F)F)nc2)CCC12CCNCC2. The zero-order valence-corrected chi connectivity index (χ0v) is 12.0. The van der Waals surface area contributed by atoms with Gasteiger partial charge >= 0.3 is 6.18 Å². The summed E-state index contributed by atoms with van der Waals surface area (Å²) >= 11 is 0. The zero-order valence-electron chi connectivity index (χ0n) is 12.0. The number of piperidine rings is 1. The molecule has 0 bridgehead atoms. The number of aromatic nitrogens is 2. The zero-order chi connectivity index (χ0) is 15.8. The van der Waals surface area contributed by atoms with Crippen LogP contribution in [0.2, 0.25) is 0 Å². The molecule has 1 N–H and O–H groups in total. The van der Waals surface area contributed by atoms with Crippen LogP contribution < -0.4 is 5.32 Å². The first kappa shape index (κ1) is 15.2. The number of hydrogen-bond donors (Lipinski definition) is 1. The second-order valence-corrected chi connectivity index (χ2v) is 5.92. The normalized spacial score (nSPS) is 21.6. The lowest BCUT2D eigenvalue weighted by Gasteiger charge is -2.32. The number of halogens is 3. The van der Waals surface area contributed by atoms with Gasteiger partial charge < -0.3 is 10.2 Å². The monoisotopic (exact) mass is 314 g/mol. The van der Waals surface area contributed by atoms with Crippen LogP contribution in [0.25, 0.3) is 0 Å². The summed E-state index contributed by atoms with van der Waals surface area (Å²) in [6.45, 7) is 2.58. The van der Waals surface area contributed by atoms with Crippen LogP contribution >= 0.6 is 0 Å². The van der Waals surface area contributed by atoms with E-state index in [0.717, 1.165) is 44.7 Å². The van der Waals surface area contributed by atoms with Gasteiger partial charge in [0.15, 0.2) is 0 Å². The van der Waals surface area contributed by atoms with Crippen LogP contribution in [0.4, 0.5) is 13.2 Å². The van der Waals surface area contributed by atoms with Gasteiger partial charge in [-0.05, 0) is 32.4 Å². The summed E-state index contributed by atoms with van der Waals surface area (Å²) in [5.74, 6) is -1.05. The predicted octanol–water partition coefficient (Wildman–Crippen LogP) is 1.60. The third kappa shape index (κ3) is 2.79. The highest BCUT2D eigenvalue weighted by molar-refractivity contribution is 5.85. The summed E-state index contributed by atoms with van der Waals surface area (Å²) in [7, 11) is 0. The summed E-state index contributed by atoms with van der Waals surface area (Å²) in [4.78, 5) is 21.0. The Labute approximate surface area is 125 Å². The third-order valence-corrected chi connectivity index (χ3v) is 4.49. The fraction of sp³-hybridized carbons (Fsp3) is 0.643. The minimum absolute atomic E-state index is 0.105. The molecule has 120 valence electrons. The molecule has 22 heavy (non-hydrogen) atoms. The van der Waals surface area contributed by atoms with E-state index in [1.165, 1.54) is 0 Å². The molecule has 1 spiro atoms. The van der Waals surface area contributed by atoms with Crippen molar-refractivity contribution >= 4 is 5.91 Å². The molecule has 3 rings (SSSR count). The Hall–Kier alpha value is -1.70. The first-order valence-electron chi connectivity index (χ1n) is 7.29. The molecule has 5 nitrogen and oxygen atoms in total. The molecule has 0 radical (unpaired) electrons. The number of carbonyl (C=O) groups is 1. The highest BCUT2D eigenvalue weighted by atomic mass is 19.4. The van der Waals surface area contributed by atoms with Crippen molar-refractivity contribution in [2.45, 2.75) is 32.0 Å². The number of alkyl halides is 3. The van der Waals surface area contributed by atoms with E-state index >= 15 is 0 Å². The van der Waals surface area contributed by atoms with Gasteiger partial charge in [-0.3, -0.25) is 4.79 Å². The van der Waals surface area contributed by atoms with Gasteiger partial charge in [0.05, 0.1) is 5.41 Å². The highest BCUT2D eigenvalue weighted by Gasteiger charge is 2.46. The van der Waals surface area contributed by atoms with Crippen molar-refractivity contribution in [1.29, 1.82) is 0 Å². The Morgan fingerprint density at radius 2 is 1.82 bits per heavy atom. The van der Waals surface area contributed by atoms with Crippen molar-refractivity contribution in [3.8, 4) is 0 Å².